The molecule has 2 N–H and O–H groups in total. The number of carbonyl (C=O) groups is 3. The number of imide groups is 1. The SMILES string of the molecule is CN(CC1CCCO1)C(=O)CCC1NC(=O)NC1=O. The summed E-state index contributed by atoms with van der Waals surface area (Å²) in [6, 6.07) is -1.08. The Hall–Kier alpha value is -1.63. The van der Waals surface area contributed by atoms with Crippen molar-refractivity contribution >= 4 is 17.8 Å². The minimum Gasteiger partial charge on any atom is -0.376 e. The standard InChI is InChI=1S/C12H19N3O4/c1-15(7-8-3-2-6-19-8)10(16)5-4-9-11(17)14-12(18)13-9/h8-9H,2-7H2,1H3,(H2,13,14,17,18). The van der Waals surface area contributed by atoms with E-state index in [1.165, 1.54) is 0 Å². The van der Waals surface area contributed by atoms with Gasteiger partial charge >= 0.3 is 6.03 Å². The fraction of sp³-hybridized carbons (Fsp3) is 0.750. The first-order valence-electron chi connectivity index (χ1n) is 6.53. The van der Waals surface area contributed by atoms with Crippen LogP contribution < -0.4 is 10.6 Å². The van der Waals surface area contributed by atoms with E-state index in [1.807, 2.05) is 0 Å². The monoisotopic (exact) mass is 269 g/mol. The molecule has 2 rings (SSSR count). The van der Waals surface area contributed by atoms with E-state index in [9.17, 15) is 14.4 Å². The number of likely N-dealkylation sites (N-methyl/N-ethyl adjacent to an activating group) is 1. The molecule has 7 nitrogen and oxygen atoms in total. The molecule has 106 valence electrons. The van der Waals surface area contributed by atoms with Gasteiger partial charge in [0.15, 0.2) is 0 Å². The number of nitrogens with zero attached hydrogens (tertiary/aromatic N) is 1. The predicted molar refractivity (Wildman–Crippen MR) is 66.3 cm³/mol. The first-order valence-corrected chi connectivity index (χ1v) is 6.53. The molecule has 2 unspecified atom stereocenters. The normalized spacial score (nSPS) is 26.2. The lowest BCUT2D eigenvalue weighted by Crippen LogP contribution is -2.36. The Labute approximate surface area is 111 Å². The van der Waals surface area contributed by atoms with Gasteiger partial charge in [-0.05, 0) is 19.3 Å². The van der Waals surface area contributed by atoms with E-state index < -0.39 is 12.1 Å². The van der Waals surface area contributed by atoms with Gasteiger partial charge in [-0.2, -0.15) is 0 Å². The van der Waals surface area contributed by atoms with Gasteiger partial charge in [0.05, 0.1) is 6.10 Å². The quantitative estimate of drug-likeness (QED) is 0.665. The Bertz CT molecular complexity index is 379. The highest BCUT2D eigenvalue weighted by Gasteiger charge is 2.30. The van der Waals surface area contributed by atoms with Gasteiger partial charge in [-0.15, -0.1) is 0 Å². The van der Waals surface area contributed by atoms with E-state index in [-0.39, 0.29) is 24.3 Å². The van der Waals surface area contributed by atoms with Gasteiger partial charge in [0.1, 0.15) is 6.04 Å². The summed E-state index contributed by atoms with van der Waals surface area (Å²) in [7, 11) is 1.73. The molecule has 2 atom stereocenters. The largest absolute Gasteiger partial charge is 0.376 e. The summed E-state index contributed by atoms with van der Waals surface area (Å²) in [5.41, 5.74) is 0. The minimum absolute atomic E-state index is 0.0375. The fourth-order valence-corrected chi connectivity index (χ4v) is 2.32. The molecule has 0 bridgehead atoms. The molecule has 2 fully saturated rings. The van der Waals surface area contributed by atoms with Gasteiger partial charge in [-0.25, -0.2) is 4.79 Å². The van der Waals surface area contributed by atoms with Crippen molar-refractivity contribution in [3.8, 4) is 0 Å². The van der Waals surface area contributed by atoms with Crippen molar-refractivity contribution in [1.29, 1.82) is 0 Å². The molecular formula is C12H19N3O4. The molecule has 0 spiro atoms. The van der Waals surface area contributed by atoms with Crippen LogP contribution >= 0.6 is 0 Å². The summed E-state index contributed by atoms with van der Waals surface area (Å²) < 4.78 is 5.47. The summed E-state index contributed by atoms with van der Waals surface area (Å²) in [5, 5.41) is 4.62. The number of urea groups is 1. The minimum atomic E-state index is -0.590. The third-order valence-corrected chi connectivity index (χ3v) is 3.43. The van der Waals surface area contributed by atoms with Crippen LogP contribution in [0.2, 0.25) is 0 Å². The van der Waals surface area contributed by atoms with Gasteiger partial charge in [-0.3, -0.25) is 14.9 Å². The van der Waals surface area contributed by atoms with Crippen molar-refractivity contribution in [2.24, 2.45) is 0 Å². The maximum absolute atomic E-state index is 11.9. The number of nitrogens with one attached hydrogen (secondary N) is 2. The number of hydrogen-bond donors (Lipinski definition) is 2. The van der Waals surface area contributed by atoms with Crippen LogP contribution in [-0.2, 0) is 14.3 Å². The molecule has 2 aliphatic rings. The van der Waals surface area contributed by atoms with Crippen LogP contribution in [0.1, 0.15) is 25.7 Å². The lowest BCUT2D eigenvalue weighted by Gasteiger charge is -2.21. The van der Waals surface area contributed by atoms with E-state index >= 15 is 0 Å². The first-order chi connectivity index (χ1) is 9.06. The summed E-state index contributed by atoms with van der Waals surface area (Å²) >= 11 is 0. The van der Waals surface area contributed by atoms with Crippen molar-refractivity contribution in [3.63, 3.8) is 0 Å². The van der Waals surface area contributed by atoms with Gasteiger partial charge in [-0.1, -0.05) is 0 Å². The summed E-state index contributed by atoms with van der Waals surface area (Å²) in [5.74, 6) is -0.399. The van der Waals surface area contributed by atoms with E-state index in [2.05, 4.69) is 10.6 Å². The molecule has 7 heteroatoms. The molecule has 2 saturated heterocycles. The molecular weight excluding hydrogens is 250 g/mol. The predicted octanol–water partition coefficient (Wildman–Crippen LogP) is -0.388. The highest BCUT2D eigenvalue weighted by molar-refractivity contribution is 6.04. The molecule has 0 aromatic carbocycles. The van der Waals surface area contributed by atoms with Crippen molar-refractivity contribution < 1.29 is 19.1 Å². The zero-order valence-corrected chi connectivity index (χ0v) is 11.0. The summed E-state index contributed by atoms with van der Waals surface area (Å²) in [4.78, 5) is 35.8. The Morgan fingerprint density at radius 2 is 2.26 bits per heavy atom. The highest BCUT2D eigenvalue weighted by Crippen LogP contribution is 2.13. The third-order valence-electron chi connectivity index (χ3n) is 3.43. The van der Waals surface area contributed by atoms with E-state index in [0.717, 1.165) is 19.4 Å². The molecule has 0 radical (unpaired) electrons. The van der Waals surface area contributed by atoms with Crippen molar-refractivity contribution in [3.05, 3.63) is 0 Å². The van der Waals surface area contributed by atoms with E-state index in [1.54, 1.807) is 11.9 Å². The molecule has 4 amide bonds. The van der Waals surface area contributed by atoms with Crippen LogP contribution in [-0.4, -0.2) is 55.1 Å². The van der Waals surface area contributed by atoms with Gasteiger partial charge in [0.2, 0.25) is 5.91 Å². The van der Waals surface area contributed by atoms with E-state index in [0.29, 0.717) is 13.0 Å². The van der Waals surface area contributed by atoms with Gasteiger partial charge in [0.25, 0.3) is 5.91 Å². The average Bonchev–Trinajstić information content (AvgIpc) is 2.96. The topological polar surface area (TPSA) is 87.7 Å². The van der Waals surface area contributed by atoms with Gasteiger partial charge in [0, 0.05) is 26.6 Å². The molecule has 2 aliphatic heterocycles. The number of rotatable bonds is 5. The maximum atomic E-state index is 11.9. The summed E-state index contributed by atoms with van der Waals surface area (Å²) in [6.07, 6.45) is 2.72. The van der Waals surface area contributed by atoms with Crippen molar-refractivity contribution in [1.82, 2.24) is 15.5 Å². The average molecular weight is 269 g/mol. The molecule has 2 heterocycles. The molecule has 0 aromatic rings. The third kappa shape index (κ3) is 3.66. The summed E-state index contributed by atoms with van der Waals surface area (Å²) in [6.45, 7) is 1.35. The fourth-order valence-electron chi connectivity index (χ4n) is 2.32. The molecule has 0 aliphatic carbocycles. The van der Waals surface area contributed by atoms with Crippen LogP contribution in [0.4, 0.5) is 4.79 Å². The number of amides is 4. The molecule has 0 aromatic heterocycles. The highest BCUT2D eigenvalue weighted by atomic mass is 16.5. The van der Waals surface area contributed by atoms with E-state index in [4.69, 9.17) is 4.74 Å². The Balaban J connectivity index is 1.71. The van der Waals surface area contributed by atoms with Crippen molar-refractivity contribution in [2.45, 2.75) is 37.8 Å². The van der Waals surface area contributed by atoms with Crippen LogP contribution in [0.15, 0.2) is 0 Å². The lowest BCUT2D eigenvalue weighted by molar-refractivity contribution is -0.131. The number of ether oxygens (including phenoxy) is 1. The molecule has 19 heavy (non-hydrogen) atoms. The Kier molecular flexibility index (Phi) is 4.36. The first kappa shape index (κ1) is 13.8. The van der Waals surface area contributed by atoms with Crippen LogP contribution in [0, 0.1) is 0 Å². The van der Waals surface area contributed by atoms with Crippen LogP contribution in [0.5, 0.6) is 0 Å². The second kappa shape index (κ2) is 6.01. The number of hydrogen-bond acceptors (Lipinski definition) is 4. The Morgan fingerprint density at radius 3 is 2.84 bits per heavy atom. The van der Waals surface area contributed by atoms with Gasteiger partial charge < -0.3 is 15.0 Å². The smallest absolute Gasteiger partial charge is 0.322 e. The second-order valence-corrected chi connectivity index (χ2v) is 4.96. The Morgan fingerprint density at radius 1 is 1.47 bits per heavy atom. The zero-order valence-electron chi connectivity index (χ0n) is 11.0. The van der Waals surface area contributed by atoms with Crippen LogP contribution in [0.3, 0.4) is 0 Å². The van der Waals surface area contributed by atoms with Crippen molar-refractivity contribution in [2.75, 3.05) is 20.2 Å². The van der Waals surface area contributed by atoms with Crippen LogP contribution in [0.25, 0.3) is 0 Å². The zero-order chi connectivity index (χ0) is 13.8. The molecule has 0 saturated carbocycles. The maximum Gasteiger partial charge on any atom is 0.322 e. The second-order valence-electron chi connectivity index (χ2n) is 4.96. The lowest BCUT2D eigenvalue weighted by atomic mass is 10.1. The number of carbonyl (C=O) groups excluding carboxylic acids is 3.